The minimum absolute atomic E-state index is 0.0530. The molecule has 1 unspecified atom stereocenters. The van der Waals surface area contributed by atoms with Gasteiger partial charge in [0, 0.05) is 30.4 Å². The van der Waals surface area contributed by atoms with Crippen LogP contribution in [-0.4, -0.2) is 29.3 Å². The first kappa shape index (κ1) is 20.5. The summed E-state index contributed by atoms with van der Waals surface area (Å²) in [6, 6.07) is 17.5. The molecule has 2 aliphatic rings. The van der Waals surface area contributed by atoms with Gasteiger partial charge in [-0.05, 0) is 55.5 Å². The minimum atomic E-state index is -0.598. The van der Waals surface area contributed by atoms with Crippen LogP contribution >= 0.6 is 0 Å². The highest BCUT2D eigenvalue weighted by Crippen LogP contribution is 2.28. The summed E-state index contributed by atoms with van der Waals surface area (Å²) in [5, 5.41) is 6.63. The van der Waals surface area contributed by atoms with Crippen molar-refractivity contribution in [3.05, 3.63) is 60.2 Å². The average molecular weight is 406 g/mol. The quantitative estimate of drug-likeness (QED) is 0.701. The highest BCUT2D eigenvalue weighted by atomic mass is 16.2. The van der Waals surface area contributed by atoms with E-state index < -0.39 is 6.04 Å². The van der Waals surface area contributed by atoms with Crippen LogP contribution in [0.1, 0.15) is 63.0 Å². The lowest BCUT2D eigenvalue weighted by Crippen LogP contribution is -2.43. The Morgan fingerprint density at radius 3 is 2.27 bits per heavy atom. The molecule has 4 rings (SSSR count). The first-order valence-electron chi connectivity index (χ1n) is 11.2. The Balaban J connectivity index is 1.46. The van der Waals surface area contributed by atoms with Crippen LogP contribution in [0.4, 0.5) is 11.4 Å². The van der Waals surface area contributed by atoms with Gasteiger partial charge in [-0.2, -0.15) is 0 Å². The smallest absolute Gasteiger partial charge is 0.251 e. The van der Waals surface area contributed by atoms with Gasteiger partial charge in [0.1, 0.15) is 6.04 Å². The Hall–Kier alpha value is -2.82. The van der Waals surface area contributed by atoms with Crippen LogP contribution in [0.25, 0.3) is 0 Å². The number of benzene rings is 2. The van der Waals surface area contributed by atoms with Crippen LogP contribution < -0.4 is 10.6 Å². The van der Waals surface area contributed by atoms with Gasteiger partial charge in [-0.3, -0.25) is 9.59 Å². The Kier molecular flexibility index (Phi) is 6.67. The molecule has 5 nitrogen and oxygen atoms in total. The van der Waals surface area contributed by atoms with Crippen molar-refractivity contribution in [3.63, 3.8) is 0 Å². The van der Waals surface area contributed by atoms with Crippen molar-refractivity contribution in [1.29, 1.82) is 0 Å². The third-order valence-corrected chi connectivity index (χ3v) is 6.16. The van der Waals surface area contributed by atoms with E-state index in [0.29, 0.717) is 19.0 Å². The minimum Gasteiger partial charge on any atom is -0.382 e. The van der Waals surface area contributed by atoms with E-state index in [2.05, 4.69) is 10.6 Å². The van der Waals surface area contributed by atoms with Crippen molar-refractivity contribution in [1.82, 2.24) is 4.90 Å². The van der Waals surface area contributed by atoms with Gasteiger partial charge in [-0.15, -0.1) is 0 Å². The van der Waals surface area contributed by atoms with E-state index in [1.807, 2.05) is 54.6 Å². The second kappa shape index (κ2) is 9.79. The molecule has 1 saturated heterocycles. The third-order valence-electron chi connectivity index (χ3n) is 6.16. The summed E-state index contributed by atoms with van der Waals surface area (Å²) in [6.07, 6.45) is 8.72. The number of piperidine rings is 1. The SMILES string of the molecule is O=C(Nc1ccc(NC2CCCCC2)cc1)C(c1ccccc1)N1CCCCC1=O. The van der Waals surface area contributed by atoms with Gasteiger partial charge in [0.2, 0.25) is 5.91 Å². The molecule has 0 bridgehead atoms. The number of carbonyl (C=O) groups excluding carboxylic acids is 2. The zero-order valence-corrected chi connectivity index (χ0v) is 17.5. The standard InChI is InChI=1S/C25H31N3O2/c29-23-13-7-8-18-28(23)24(19-9-3-1-4-10-19)25(30)27-22-16-14-21(15-17-22)26-20-11-5-2-6-12-20/h1,3-4,9-10,14-17,20,24,26H,2,5-8,11-13,18H2,(H,27,30). The predicted molar refractivity (Wildman–Crippen MR) is 120 cm³/mol. The van der Waals surface area contributed by atoms with Crippen molar-refractivity contribution in [2.75, 3.05) is 17.2 Å². The molecule has 1 atom stereocenters. The van der Waals surface area contributed by atoms with E-state index in [4.69, 9.17) is 0 Å². The Labute approximate surface area is 178 Å². The van der Waals surface area contributed by atoms with E-state index in [0.717, 1.165) is 29.8 Å². The summed E-state index contributed by atoms with van der Waals surface area (Å²) in [6.45, 7) is 0.621. The fourth-order valence-electron chi connectivity index (χ4n) is 4.55. The molecule has 5 heteroatoms. The number of rotatable bonds is 6. The summed E-state index contributed by atoms with van der Waals surface area (Å²) >= 11 is 0. The molecule has 2 aromatic carbocycles. The highest BCUT2D eigenvalue weighted by Gasteiger charge is 2.32. The first-order valence-corrected chi connectivity index (χ1v) is 11.2. The summed E-state index contributed by atoms with van der Waals surface area (Å²) in [4.78, 5) is 27.5. The third kappa shape index (κ3) is 5.02. The number of nitrogens with zero attached hydrogens (tertiary/aromatic N) is 1. The molecule has 1 aliphatic heterocycles. The zero-order valence-electron chi connectivity index (χ0n) is 17.5. The number of hydrogen-bond donors (Lipinski definition) is 2. The topological polar surface area (TPSA) is 61.4 Å². The molecular formula is C25H31N3O2. The van der Waals surface area contributed by atoms with Crippen LogP contribution in [0, 0.1) is 0 Å². The van der Waals surface area contributed by atoms with Gasteiger partial charge < -0.3 is 15.5 Å². The lowest BCUT2D eigenvalue weighted by molar-refractivity contribution is -0.141. The molecule has 158 valence electrons. The normalized spacial score (nSPS) is 18.7. The maximum atomic E-state index is 13.2. The van der Waals surface area contributed by atoms with Crippen molar-refractivity contribution < 1.29 is 9.59 Å². The van der Waals surface area contributed by atoms with E-state index in [1.54, 1.807) is 4.90 Å². The second-order valence-electron chi connectivity index (χ2n) is 8.40. The molecule has 1 saturated carbocycles. The maximum Gasteiger partial charge on any atom is 0.251 e. The molecule has 1 heterocycles. The number of amides is 2. The van der Waals surface area contributed by atoms with Crippen molar-refractivity contribution in [3.8, 4) is 0 Å². The summed E-state index contributed by atoms with van der Waals surface area (Å²) < 4.78 is 0. The van der Waals surface area contributed by atoms with Crippen molar-refractivity contribution in [2.45, 2.75) is 63.5 Å². The lowest BCUT2D eigenvalue weighted by atomic mass is 9.95. The molecule has 0 radical (unpaired) electrons. The van der Waals surface area contributed by atoms with Gasteiger partial charge >= 0.3 is 0 Å². The largest absolute Gasteiger partial charge is 0.382 e. The second-order valence-corrected chi connectivity index (χ2v) is 8.40. The van der Waals surface area contributed by atoms with Gasteiger partial charge in [0.05, 0.1) is 0 Å². The Morgan fingerprint density at radius 2 is 1.57 bits per heavy atom. The van der Waals surface area contributed by atoms with Crippen LogP contribution in [0.5, 0.6) is 0 Å². The highest BCUT2D eigenvalue weighted by molar-refractivity contribution is 5.98. The summed E-state index contributed by atoms with van der Waals surface area (Å²) in [7, 11) is 0. The lowest BCUT2D eigenvalue weighted by Gasteiger charge is -2.34. The molecule has 2 N–H and O–H groups in total. The molecule has 2 amide bonds. The Morgan fingerprint density at radius 1 is 0.867 bits per heavy atom. The van der Waals surface area contributed by atoms with E-state index >= 15 is 0 Å². The fourth-order valence-corrected chi connectivity index (χ4v) is 4.55. The van der Waals surface area contributed by atoms with Crippen LogP contribution in [0.15, 0.2) is 54.6 Å². The van der Waals surface area contributed by atoms with Crippen molar-refractivity contribution >= 4 is 23.2 Å². The molecule has 0 spiro atoms. The predicted octanol–water partition coefficient (Wildman–Crippen LogP) is 5.12. The number of anilines is 2. The van der Waals surface area contributed by atoms with Gasteiger partial charge in [0.25, 0.3) is 5.91 Å². The van der Waals surface area contributed by atoms with Crippen LogP contribution in [-0.2, 0) is 9.59 Å². The maximum absolute atomic E-state index is 13.2. The molecule has 30 heavy (non-hydrogen) atoms. The van der Waals surface area contributed by atoms with E-state index in [9.17, 15) is 9.59 Å². The molecule has 2 fully saturated rings. The van der Waals surface area contributed by atoms with E-state index in [-0.39, 0.29) is 11.8 Å². The fraction of sp³-hybridized carbons (Fsp3) is 0.440. The molecule has 1 aliphatic carbocycles. The number of hydrogen-bond acceptors (Lipinski definition) is 3. The molecule has 0 aromatic heterocycles. The molecule has 2 aromatic rings. The van der Waals surface area contributed by atoms with Crippen LogP contribution in [0.3, 0.4) is 0 Å². The van der Waals surface area contributed by atoms with Gasteiger partial charge in [-0.1, -0.05) is 49.6 Å². The summed E-state index contributed by atoms with van der Waals surface area (Å²) in [5.74, 6) is -0.110. The monoisotopic (exact) mass is 405 g/mol. The van der Waals surface area contributed by atoms with E-state index in [1.165, 1.54) is 32.1 Å². The van der Waals surface area contributed by atoms with Gasteiger partial charge in [-0.25, -0.2) is 0 Å². The summed E-state index contributed by atoms with van der Waals surface area (Å²) in [5.41, 5.74) is 2.69. The molecular weight excluding hydrogens is 374 g/mol. The zero-order chi connectivity index (χ0) is 20.8. The Bertz CT molecular complexity index is 844. The average Bonchev–Trinajstić information content (AvgIpc) is 2.78. The van der Waals surface area contributed by atoms with Crippen molar-refractivity contribution in [2.24, 2.45) is 0 Å². The first-order chi connectivity index (χ1) is 14.7. The van der Waals surface area contributed by atoms with Gasteiger partial charge in [0.15, 0.2) is 0 Å². The van der Waals surface area contributed by atoms with Crippen LogP contribution in [0.2, 0.25) is 0 Å². The number of likely N-dealkylation sites (tertiary alicyclic amines) is 1. The number of nitrogens with one attached hydrogen (secondary N) is 2. The number of carbonyl (C=O) groups is 2.